The van der Waals surface area contributed by atoms with Gasteiger partial charge in [0.1, 0.15) is 5.92 Å². The average Bonchev–Trinajstić information content (AvgIpc) is 2.99. The van der Waals surface area contributed by atoms with Crippen LogP contribution in [0.3, 0.4) is 0 Å². The van der Waals surface area contributed by atoms with Crippen LogP contribution in [-0.2, 0) is 4.79 Å². The van der Waals surface area contributed by atoms with E-state index in [1.54, 1.807) is 0 Å². The first-order valence-corrected chi connectivity index (χ1v) is 6.79. The van der Waals surface area contributed by atoms with Crippen LogP contribution in [0.5, 0.6) is 0 Å². The monoisotopic (exact) mass is 219 g/mol. The molecule has 4 fully saturated rings. The van der Waals surface area contributed by atoms with Gasteiger partial charge in [-0.1, -0.05) is 0 Å². The highest BCUT2D eigenvalue weighted by molar-refractivity contribution is 5.85. The van der Waals surface area contributed by atoms with Crippen molar-refractivity contribution in [2.45, 2.75) is 51.0 Å². The number of hydrazine groups is 1. The summed E-state index contributed by atoms with van der Waals surface area (Å²) >= 11 is 0. The number of nitrogens with zero attached hydrogens (tertiary/aromatic N) is 1. The zero-order valence-electron chi connectivity index (χ0n) is 9.61. The van der Waals surface area contributed by atoms with Gasteiger partial charge in [0.15, 0.2) is 11.8 Å². The third kappa shape index (κ3) is 1.04. The van der Waals surface area contributed by atoms with Crippen molar-refractivity contribution in [1.29, 1.82) is 0 Å². The minimum atomic E-state index is 0.316. The number of hydrazone groups is 1. The molecule has 1 saturated heterocycles. The van der Waals surface area contributed by atoms with Crippen LogP contribution >= 0.6 is 0 Å². The third-order valence-corrected chi connectivity index (χ3v) is 5.23. The van der Waals surface area contributed by atoms with Crippen LogP contribution in [0.2, 0.25) is 0 Å². The maximum Gasteiger partial charge on any atom is 0.284 e. The molecule has 0 aromatic carbocycles. The molecule has 3 saturated carbocycles. The number of fused-ring (bicyclic) bond motifs is 5. The van der Waals surface area contributed by atoms with Gasteiger partial charge in [-0.2, -0.15) is 0 Å². The Labute approximate surface area is 95.9 Å². The van der Waals surface area contributed by atoms with Crippen LogP contribution in [0.4, 0.5) is 0 Å². The fourth-order valence-corrected chi connectivity index (χ4v) is 4.58. The Morgan fingerprint density at radius 3 is 2.69 bits per heavy atom. The van der Waals surface area contributed by atoms with E-state index in [1.165, 1.54) is 50.7 Å². The fourth-order valence-electron chi connectivity index (χ4n) is 4.58. The van der Waals surface area contributed by atoms with Crippen molar-refractivity contribution in [3.05, 3.63) is 0 Å². The number of carbonyl (C=O) groups is 1. The molecule has 4 rings (SSSR count). The van der Waals surface area contributed by atoms with Crippen molar-refractivity contribution >= 4 is 11.6 Å². The number of hydrogen-bond donors (Lipinski definition) is 1. The van der Waals surface area contributed by atoms with Crippen molar-refractivity contribution in [2.24, 2.45) is 17.8 Å². The van der Waals surface area contributed by atoms with Gasteiger partial charge in [-0.15, -0.1) is 10.1 Å². The summed E-state index contributed by atoms with van der Waals surface area (Å²) in [5.74, 6) is 2.13. The van der Waals surface area contributed by atoms with Crippen molar-refractivity contribution < 1.29 is 9.48 Å². The maximum absolute atomic E-state index is 12.0. The molecule has 16 heavy (non-hydrogen) atoms. The van der Waals surface area contributed by atoms with Crippen molar-refractivity contribution in [1.82, 2.24) is 5.43 Å². The number of rotatable bonds is 0. The first-order valence-electron chi connectivity index (χ1n) is 6.79. The van der Waals surface area contributed by atoms with Gasteiger partial charge in [0.05, 0.1) is 0 Å². The van der Waals surface area contributed by atoms with Crippen LogP contribution in [0.1, 0.15) is 44.9 Å². The number of amides is 1. The minimum Gasteiger partial charge on any atom is -0.269 e. The molecule has 1 amide bonds. The number of nitrogens with one attached hydrogen (secondary N) is 1. The molecule has 0 aromatic rings. The van der Waals surface area contributed by atoms with E-state index in [4.69, 9.17) is 0 Å². The molecule has 0 spiro atoms. The molecule has 0 radical (unpaired) electrons. The van der Waals surface area contributed by atoms with Crippen LogP contribution in [0, 0.1) is 17.8 Å². The lowest BCUT2D eigenvalue weighted by atomic mass is 9.85. The predicted molar refractivity (Wildman–Crippen MR) is 60.0 cm³/mol. The Bertz CT molecular complexity index is 379. The Balaban J connectivity index is 1.76. The second kappa shape index (κ2) is 3.08. The lowest BCUT2D eigenvalue weighted by Crippen LogP contribution is -2.37. The lowest BCUT2D eigenvalue weighted by Gasteiger charge is -2.17. The Kier molecular flexibility index (Phi) is 1.77. The minimum absolute atomic E-state index is 0.316. The summed E-state index contributed by atoms with van der Waals surface area (Å²) < 4.78 is 2.30. The molecule has 86 valence electrons. The zero-order chi connectivity index (χ0) is 10.7. The largest absolute Gasteiger partial charge is 0.284 e. The Hall–Kier alpha value is -0.860. The van der Waals surface area contributed by atoms with Gasteiger partial charge in [-0.05, 0) is 38.0 Å². The van der Waals surface area contributed by atoms with Crippen molar-refractivity contribution in [3.63, 3.8) is 0 Å². The van der Waals surface area contributed by atoms with Gasteiger partial charge in [0.2, 0.25) is 0 Å². The molecular weight excluding hydrogens is 200 g/mol. The Morgan fingerprint density at radius 2 is 1.88 bits per heavy atom. The smallest absolute Gasteiger partial charge is 0.269 e. The molecule has 0 aromatic heterocycles. The van der Waals surface area contributed by atoms with E-state index >= 15 is 0 Å². The van der Waals surface area contributed by atoms with E-state index in [0.29, 0.717) is 23.8 Å². The SMILES string of the molecule is O=C1N[N+](=C2CCCC2)[C@@H]2[C@H]3CC[C@H](C3)[C@H]12. The van der Waals surface area contributed by atoms with E-state index in [2.05, 4.69) is 10.1 Å². The highest BCUT2D eigenvalue weighted by Gasteiger charge is 2.62. The van der Waals surface area contributed by atoms with Gasteiger partial charge in [-0.25, -0.2) is 0 Å². The summed E-state index contributed by atoms with van der Waals surface area (Å²) in [7, 11) is 0. The zero-order valence-corrected chi connectivity index (χ0v) is 9.61. The molecule has 4 aliphatic rings. The molecular formula is C13H19N2O+. The maximum atomic E-state index is 12.0. The summed E-state index contributed by atoms with van der Waals surface area (Å²) in [6, 6.07) is 0.527. The molecule has 3 aliphatic carbocycles. The topological polar surface area (TPSA) is 32.1 Å². The van der Waals surface area contributed by atoms with E-state index in [0.717, 1.165) is 5.92 Å². The summed E-state index contributed by atoms with van der Waals surface area (Å²) in [5, 5.41) is 0. The third-order valence-electron chi connectivity index (χ3n) is 5.23. The van der Waals surface area contributed by atoms with Gasteiger partial charge in [0.25, 0.3) is 5.91 Å². The molecule has 2 bridgehead atoms. The molecule has 0 unspecified atom stereocenters. The van der Waals surface area contributed by atoms with Crippen molar-refractivity contribution in [3.8, 4) is 0 Å². The summed E-state index contributed by atoms with van der Waals surface area (Å²) in [4.78, 5) is 12.0. The van der Waals surface area contributed by atoms with Crippen LogP contribution in [-0.4, -0.2) is 22.3 Å². The summed E-state index contributed by atoms with van der Waals surface area (Å²) in [6.45, 7) is 0. The Morgan fingerprint density at radius 1 is 1.12 bits per heavy atom. The molecule has 1 heterocycles. The van der Waals surface area contributed by atoms with E-state index in [-0.39, 0.29) is 0 Å². The van der Waals surface area contributed by atoms with Crippen LogP contribution < -0.4 is 5.43 Å². The highest BCUT2D eigenvalue weighted by atomic mass is 16.2. The predicted octanol–water partition coefficient (Wildman–Crippen LogP) is 1.47. The van der Waals surface area contributed by atoms with Gasteiger partial charge in [0, 0.05) is 18.8 Å². The number of carbonyl (C=O) groups excluding carboxylic acids is 1. The lowest BCUT2D eigenvalue weighted by molar-refractivity contribution is -0.604. The van der Waals surface area contributed by atoms with Gasteiger partial charge in [-0.3, -0.25) is 4.79 Å². The first kappa shape index (κ1) is 9.20. The molecule has 4 atom stereocenters. The standard InChI is InChI=1S/C13H18N2O/c16-13-11-8-5-6-9(7-8)12(11)15(14-13)10-3-1-2-4-10/h8-9,11-12H,1-7H2/p+1/t8-,9+,11+,12-/m1/s1. The number of hydrogen-bond acceptors (Lipinski definition) is 1. The van der Waals surface area contributed by atoms with Crippen LogP contribution in [0.15, 0.2) is 0 Å². The van der Waals surface area contributed by atoms with E-state index in [1.807, 2.05) is 0 Å². The normalized spacial score (nSPS) is 45.4. The summed E-state index contributed by atoms with van der Waals surface area (Å²) in [6.07, 6.45) is 9.00. The summed E-state index contributed by atoms with van der Waals surface area (Å²) in [5.41, 5.74) is 4.66. The van der Waals surface area contributed by atoms with E-state index in [9.17, 15) is 4.79 Å². The fraction of sp³-hybridized carbons (Fsp3) is 0.846. The molecule has 3 heteroatoms. The first-order chi connectivity index (χ1) is 7.84. The van der Waals surface area contributed by atoms with Gasteiger partial charge < -0.3 is 0 Å². The van der Waals surface area contributed by atoms with E-state index < -0.39 is 0 Å². The quantitative estimate of drug-likeness (QED) is 0.615. The molecule has 3 nitrogen and oxygen atoms in total. The van der Waals surface area contributed by atoms with Crippen LogP contribution in [0.25, 0.3) is 0 Å². The molecule has 1 aliphatic heterocycles. The van der Waals surface area contributed by atoms with Crippen molar-refractivity contribution in [2.75, 3.05) is 0 Å². The highest BCUT2D eigenvalue weighted by Crippen LogP contribution is 2.51. The molecule has 1 N–H and O–H groups in total. The second-order valence-electron chi connectivity index (χ2n) is 5.97. The average molecular weight is 219 g/mol. The second-order valence-corrected chi connectivity index (χ2v) is 5.97. The van der Waals surface area contributed by atoms with Gasteiger partial charge >= 0.3 is 0 Å².